The molecule has 0 spiro atoms. The molecule has 0 amide bonds. The SMILES string of the molecule is CCN(CC)CCCNC(=NC)NCC(C)c1cccs1.I. The summed E-state index contributed by atoms with van der Waals surface area (Å²) in [6.07, 6.45) is 1.14. The summed E-state index contributed by atoms with van der Waals surface area (Å²) in [4.78, 5) is 8.14. The molecule has 0 aromatic carbocycles. The van der Waals surface area contributed by atoms with Crippen molar-refractivity contribution in [2.24, 2.45) is 4.99 Å². The van der Waals surface area contributed by atoms with Crippen molar-refractivity contribution < 1.29 is 0 Å². The first-order chi connectivity index (χ1) is 10.2. The van der Waals surface area contributed by atoms with Crippen LogP contribution in [0.5, 0.6) is 0 Å². The predicted octanol–water partition coefficient (Wildman–Crippen LogP) is 3.37. The van der Waals surface area contributed by atoms with Crippen LogP contribution in [-0.2, 0) is 0 Å². The van der Waals surface area contributed by atoms with E-state index in [1.54, 1.807) is 0 Å². The molecule has 22 heavy (non-hydrogen) atoms. The van der Waals surface area contributed by atoms with Crippen molar-refractivity contribution in [1.29, 1.82) is 0 Å². The molecule has 0 aliphatic carbocycles. The molecule has 4 nitrogen and oxygen atoms in total. The minimum absolute atomic E-state index is 0. The van der Waals surface area contributed by atoms with Crippen molar-refractivity contribution in [2.75, 3.05) is 39.8 Å². The lowest BCUT2D eigenvalue weighted by Crippen LogP contribution is -2.40. The first-order valence-corrected chi connectivity index (χ1v) is 8.79. The summed E-state index contributed by atoms with van der Waals surface area (Å²) in [5, 5.41) is 8.93. The molecule has 1 heterocycles. The van der Waals surface area contributed by atoms with Crippen LogP contribution in [0.3, 0.4) is 0 Å². The highest BCUT2D eigenvalue weighted by Gasteiger charge is 2.07. The number of nitrogens with zero attached hydrogens (tertiary/aromatic N) is 2. The highest BCUT2D eigenvalue weighted by Crippen LogP contribution is 2.19. The molecule has 1 aromatic rings. The van der Waals surface area contributed by atoms with Crippen LogP contribution in [0.25, 0.3) is 0 Å². The number of hydrogen-bond acceptors (Lipinski definition) is 3. The average Bonchev–Trinajstić information content (AvgIpc) is 3.04. The minimum atomic E-state index is 0. The Morgan fingerprint density at radius 2 is 2.05 bits per heavy atom. The second kappa shape index (κ2) is 13.1. The number of hydrogen-bond donors (Lipinski definition) is 2. The third kappa shape index (κ3) is 8.33. The lowest BCUT2D eigenvalue weighted by atomic mass is 10.1. The summed E-state index contributed by atoms with van der Waals surface area (Å²) in [6.45, 7) is 11.9. The van der Waals surface area contributed by atoms with Crippen molar-refractivity contribution in [2.45, 2.75) is 33.1 Å². The molecule has 0 radical (unpaired) electrons. The molecular weight excluding hydrogens is 407 g/mol. The maximum atomic E-state index is 4.28. The van der Waals surface area contributed by atoms with Crippen LogP contribution in [0.4, 0.5) is 0 Å². The quantitative estimate of drug-likeness (QED) is 0.269. The Balaban J connectivity index is 0.00000441. The molecule has 1 aromatic heterocycles. The summed E-state index contributed by atoms with van der Waals surface area (Å²) >= 11 is 1.81. The predicted molar refractivity (Wildman–Crippen MR) is 110 cm³/mol. The molecule has 0 bridgehead atoms. The van der Waals surface area contributed by atoms with Crippen LogP contribution >= 0.6 is 35.3 Å². The van der Waals surface area contributed by atoms with Gasteiger partial charge in [-0.2, -0.15) is 0 Å². The van der Waals surface area contributed by atoms with Gasteiger partial charge in [-0.05, 0) is 37.5 Å². The summed E-state index contributed by atoms with van der Waals surface area (Å²) in [6, 6.07) is 4.30. The van der Waals surface area contributed by atoms with E-state index in [0.29, 0.717) is 5.92 Å². The Kier molecular flexibility index (Phi) is 12.9. The van der Waals surface area contributed by atoms with Gasteiger partial charge in [0.05, 0.1) is 0 Å². The van der Waals surface area contributed by atoms with E-state index in [9.17, 15) is 0 Å². The van der Waals surface area contributed by atoms with E-state index in [4.69, 9.17) is 0 Å². The average molecular weight is 438 g/mol. The Bertz CT molecular complexity index is 391. The maximum absolute atomic E-state index is 4.28. The highest BCUT2D eigenvalue weighted by atomic mass is 127. The first kappa shape index (κ1) is 21.7. The molecule has 2 N–H and O–H groups in total. The third-order valence-electron chi connectivity index (χ3n) is 3.67. The van der Waals surface area contributed by atoms with E-state index in [1.165, 1.54) is 4.88 Å². The largest absolute Gasteiger partial charge is 0.356 e. The summed E-state index contributed by atoms with van der Waals surface area (Å²) < 4.78 is 0. The second-order valence-electron chi connectivity index (χ2n) is 5.18. The van der Waals surface area contributed by atoms with Gasteiger partial charge in [0, 0.05) is 30.9 Å². The van der Waals surface area contributed by atoms with Crippen molar-refractivity contribution in [3.05, 3.63) is 22.4 Å². The Hall–Kier alpha value is -0.340. The van der Waals surface area contributed by atoms with Crippen molar-refractivity contribution >= 4 is 41.3 Å². The van der Waals surface area contributed by atoms with Gasteiger partial charge in [-0.1, -0.05) is 26.8 Å². The van der Waals surface area contributed by atoms with E-state index >= 15 is 0 Å². The fraction of sp³-hybridized carbons (Fsp3) is 0.688. The first-order valence-electron chi connectivity index (χ1n) is 7.91. The lowest BCUT2D eigenvalue weighted by Gasteiger charge is -2.19. The topological polar surface area (TPSA) is 39.7 Å². The van der Waals surface area contributed by atoms with E-state index < -0.39 is 0 Å². The van der Waals surface area contributed by atoms with Crippen molar-refractivity contribution in [1.82, 2.24) is 15.5 Å². The van der Waals surface area contributed by atoms with Crippen LogP contribution in [0.15, 0.2) is 22.5 Å². The van der Waals surface area contributed by atoms with Gasteiger partial charge >= 0.3 is 0 Å². The number of aliphatic imine (C=N–C) groups is 1. The van der Waals surface area contributed by atoms with E-state index in [2.05, 4.69) is 58.8 Å². The number of nitrogens with one attached hydrogen (secondary N) is 2. The van der Waals surface area contributed by atoms with Gasteiger partial charge in [-0.3, -0.25) is 4.99 Å². The van der Waals surface area contributed by atoms with Gasteiger partial charge in [0.15, 0.2) is 5.96 Å². The zero-order valence-electron chi connectivity index (χ0n) is 14.3. The minimum Gasteiger partial charge on any atom is -0.356 e. The summed E-state index contributed by atoms with van der Waals surface area (Å²) in [7, 11) is 1.83. The van der Waals surface area contributed by atoms with Crippen LogP contribution in [0.1, 0.15) is 38.0 Å². The van der Waals surface area contributed by atoms with Crippen molar-refractivity contribution in [3.8, 4) is 0 Å². The lowest BCUT2D eigenvalue weighted by molar-refractivity contribution is 0.300. The second-order valence-corrected chi connectivity index (χ2v) is 6.16. The highest BCUT2D eigenvalue weighted by molar-refractivity contribution is 14.0. The van der Waals surface area contributed by atoms with Gasteiger partial charge in [0.2, 0.25) is 0 Å². The molecule has 0 saturated heterocycles. The standard InChI is InChI=1S/C16H30N4S.HI/c1-5-20(6-2)11-8-10-18-16(17-4)19-13-14(3)15-9-7-12-21-15;/h7,9,12,14H,5-6,8,10-11,13H2,1-4H3,(H2,17,18,19);1H. The van der Waals surface area contributed by atoms with Crippen LogP contribution in [-0.4, -0.2) is 50.6 Å². The Morgan fingerprint density at radius 1 is 1.32 bits per heavy atom. The molecule has 1 atom stereocenters. The zero-order valence-corrected chi connectivity index (χ0v) is 17.4. The number of rotatable bonds is 9. The molecular formula is C16H31IN4S. The van der Waals surface area contributed by atoms with Gasteiger partial charge in [0.1, 0.15) is 0 Å². The van der Waals surface area contributed by atoms with Gasteiger partial charge in [-0.25, -0.2) is 0 Å². The number of thiophene rings is 1. The van der Waals surface area contributed by atoms with Crippen molar-refractivity contribution in [3.63, 3.8) is 0 Å². The summed E-state index contributed by atoms with van der Waals surface area (Å²) in [5.74, 6) is 1.41. The van der Waals surface area contributed by atoms with Gasteiger partial charge < -0.3 is 15.5 Å². The van der Waals surface area contributed by atoms with E-state index in [0.717, 1.165) is 45.1 Å². The fourth-order valence-electron chi connectivity index (χ4n) is 2.19. The zero-order chi connectivity index (χ0) is 15.5. The van der Waals surface area contributed by atoms with Gasteiger partial charge in [-0.15, -0.1) is 35.3 Å². The summed E-state index contributed by atoms with van der Waals surface area (Å²) in [5.41, 5.74) is 0. The molecule has 1 rings (SSSR count). The Morgan fingerprint density at radius 3 is 2.59 bits per heavy atom. The number of guanidine groups is 1. The normalized spacial score (nSPS) is 12.9. The van der Waals surface area contributed by atoms with Crippen LogP contribution in [0, 0.1) is 0 Å². The molecule has 6 heteroatoms. The Labute approximate surface area is 156 Å². The monoisotopic (exact) mass is 438 g/mol. The molecule has 128 valence electrons. The van der Waals surface area contributed by atoms with Crippen LogP contribution in [0.2, 0.25) is 0 Å². The molecule has 0 fully saturated rings. The molecule has 1 unspecified atom stereocenters. The van der Waals surface area contributed by atoms with Gasteiger partial charge in [0.25, 0.3) is 0 Å². The third-order valence-corrected chi connectivity index (χ3v) is 4.77. The number of halogens is 1. The molecule has 0 aliphatic rings. The maximum Gasteiger partial charge on any atom is 0.190 e. The van der Waals surface area contributed by atoms with E-state index in [-0.39, 0.29) is 24.0 Å². The molecule has 0 aliphatic heterocycles. The van der Waals surface area contributed by atoms with Crippen LogP contribution < -0.4 is 10.6 Å². The fourth-order valence-corrected chi connectivity index (χ4v) is 2.98. The van der Waals surface area contributed by atoms with E-state index in [1.807, 2.05) is 18.4 Å². The smallest absolute Gasteiger partial charge is 0.190 e. The molecule has 0 saturated carbocycles.